The topological polar surface area (TPSA) is 111 Å². The van der Waals surface area contributed by atoms with Gasteiger partial charge in [0.1, 0.15) is 0 Å². The number of aromatic hydroxyl groups is 1. The minimum absolute atomic E-state index is 0.103. The Hall–Kier alpha value is -2.57. The van der Waals surface area contributed by atoms with Gasteiger partial charge in [-0.2, -0.15) is 0 Å². The van der Waals surface area contributed by atoms with E-state index >= 15 is 0 Å². The van der Waals surface area contributed by atoms with E-state index in [9.17, 15) is 9.59 Å². The summed E-state index contributed by atoms with van der Waals surface area (Å²) in [7, 11) is 0. The Morgan fingerprint density at radius 3 is 2.94 bits per heavy atom. The molecule has 0 aromatic carbocycles. The van der Waals surface area contributed by atoms with Gasteiger partial charge < -0.3 is 15.4 Å². The van der Waals surface area contributed by atoms with Crippen LogP contribution >= 0.6 is 0 Å². The molecule has 2 rings (SSSR count). The second-order valence-electron chi connectivity index (χ2n) is 3.38. The third kappa shape index (κ3) is 2.71. The maximum atomic E-state index is 11.6. The fourth-order valence-electron chi connectivity index (χ4n) is 1.32. The first-order valence-electron chi connectivity index (χ1n) is 4.84. The predicted octanol–water partition coefficient (Wildman–Crippen LogP) is -0.266. The smallest absolute Gasteiger partial charge is 0.251 e. The van der Waals surface area contributed by atoms with Crippen LogP contribution in [0.1, 0.15) is 16.1 Å². The minimum Gasteiger partial charge on any atom is -0.494 e. The van der Waals surface area contributed by atoms with Gasteiger partial charge in [0.15, 0.2) is 5.88 Å². The molecule has 2 heterocycles. The summed E-state index contributed by atoms with van der Waals surface area (Å²) in [6.07, 6.45) is 3.08. The SMILES string of the molecule is O=C(NCc1cnc[nH]1)c1cc(O)[nH]c(=O)c1. The molecule has 17 heavy (non-hydrogen) atoms. The quantitative estimate of drug-likeness (QED) is 0.586. The third-order valence-corrected chi connectivity index (χ3v) is 2.09. The summed E-state index contributed by atoms with van der Waals surface area (Å²) in [5.74, 6) is -0.787. The summed E-state index contributed by atoms with van der Waals surface area (Å²) in [4.78, 5) is 31.4. The molecular formula is C10H10N4O3. The number of H-pyrrole nitrogens is 2. The highest BCUT2D eigenvalue weighted by Gasteiger charge is 2.07. The number of nitrogens with one attached hydrogen (secondary N) is 3. The second kappa shape index (κ2) is 4.52. The molecule has 7 heteroatoms. The molecule has 0 atom stereocenters. The number of hydrogen-bond donors (Lipinski definition) is 4. The number of aromatic amines is 2. The van der Waals surface area contributed by atoms with Gasteiger partial charge in [0.05, 0.1) is 24.1 Å². The number of aromatic nitrogens is 3. The van der Waals surface area contributed by atoms with Crippen molar-refractivity contribution < 1.29 is 9.90 Å². The van der Waals surface area contributed by atoms with Crippen LogP contribution in [0, 0.1) is 0 Å². The summed E-state index contributed by atoms with van der Waals surface area (Å²) < 4.78 is 0. The van der Waals surface area contributed by atoms with Gasteiger partial charge in [-0.3, -0.25) is 14.6 Å². The normalized spacial score (nSPS) is 10.1. The molecule has 4 N–H and O–H groups in total. The van der Waals surface area contributed by atoms with Crippen LogP contribution in [0.4, 0.5) is 0 Å². The van der Waals surface area contributed by atoms with Gasteiger partial charge in [-0.25, -0.2) is 4.98 Å². The average Bonchev–Trinajstić information content (AvgIpc) is 2.77. The van der Waals surface area contributed by atoms with Crippen molar-refractivity contribution in [3.8, 4) is 5.88 Å². The number of hydrogen-bond acceptors (Lipinski definition) is 4. The maximum absolute atomic E-state index is 11.6. The van der Waals surface area contributed by atoms with Crippen LogP contribution in [0.25, 0.3) is 0 Å². The Kier molecular flexibility index (Phi) is 2.91. The van der Waals surface area contributed by atoms with Crippen LogP contribution in [0.5, 0.6) is 5.88 Å². The molecule has 0 aliphatic heterocycles. The van der Waals surface area contributed by atoms with Gasteiger partial charge in [0.2, 0.25) is 0 Å². The summed E-state index contributed by atoms with van der Waals surface area (Å²) in [6, 6.07) is 2.30. The third-order valence-electron chi connectivity index (χ3n) is 2.09. The molecular weight excluding hydrogens is 224 g/mol. The van der Waals surface area contributed by atoms with Crippen molar-refractivity contribution in [1.82, 2.24) is 20.3 Å². The Morgan fingerprint density at radius 1 is 1.47 bits per heavy atom. The molecule has 7 nitrogen and oxygen atoms in total. The molecule has 0 aliphatic rings. The van der Waals surface area contributed by atoms with E-state index in [1.165, 1.54) is 12.4 Å². The van der Waals surface area contributed by atoms with Crippen molar-refractivity contribution in [3.63, 3.8) is 0 Å². The maximum Gasteiger partial charge on any atom is 0.251 e. The van der Waals surface area contributed by atoms with Crippen LogP contribution < -0.4 is 10.9 Å². The van der Waals surface area contributed by atoms with Gasteiger partial charge in [-0.15, -0.1) is 0 Å². The zero-order valence-electron chi connectivity index (χ0n) is 8.73. The molecule has 2 aromatic heterocycles. The lowest BCUT2D eigenvalue weighted by molar-refractivity contribution is 0.0949. The summed E-state index contributed by atoms with van der Waals surface area (Å²) in [5, 5.41) is 11.7. The molecule has 0 bridgehead atoms. The number of rotatable bonds is 3. The lowest BCUT2D eigenvalue weighted by atomic mass is 10.2. The number of imidazole rings is 1. The Bertz CT molecular complexity index is 573. The summed E-state index contributed by atoms with van der Waals surface area (Å²) >= 11 is 0. The van der Waals surface area contributed by atoms with Crippen molar-refractivity contribution >= 4 is 5.91 Å². The van der Waals surface area contributed by atoms with E-state index in [-0.39, 0.29) is 18.0 Å². The van der Waals surface area contributed by atoms with E-state index < -0.39 is 11.5 Å². The Morgan fingerprint density at radius 2 is 2.29 bits per heavy atom. The van der Waals surface area contributed by atoms with E-state index in [0.717, 1.165) is 11.8 Å². The fraction of sp³-hybridized carbons (Fsp3) is 0.100. The molecule has 0 aliphatic carbocycles. The standard InChI is InChI=1S/C10H10N4O3/c15-8-1-6(2-9(16)14-8)10(17)12-4-7-3-11-5-13-7/h1-3,5H,4H2,(H,11,13)(H,12,17)(H2,14,15,16). The number of pyridine rings is 1. The van der Waals surface area contributed by atoms with Crippen LogP contribution in [0.2, 0.25) is 0 Å². The molecule has 0 saturated carbocycles. The molecule has 0 unspecified atom stereocenters. The molecule has 2 aromatic rings. The molecule has 0 fully saturated rings. The number of amides is 1. The highest BCUT2D eigenvalue weighted by molar-refractivity contribution is 5.94. The average molecular weight is 234 g/mol. The van der Waals surface area contributed by atoms with Crippen molar-refractivity contribution in [1.29, 1.82) is 0 Å². The monoisotopic (exact) mass is 234 g/mol. The molecule has 0 spiro atoms. The molecule has 88 valence electrons. The number of carbonyl (C=O) groups excluding carboxylic acids is 1. The summed E-state index contributed by atoms with van der Waals surface area (Å²) in [6.45, 7) is 0.270. The number of carbonyl (C=O) groups is 1. The predicted molar refractivity (Wildman–Crippen MR) is 58.5 cm³/mol. The largest absolute Gasteiger partial charge is 0.494 e. The van der Waals surface area contributed by atoms with Gasteiger partial charge in [-0.05, 0) is 0 Å². The molecule has 0 saturated heterocycles. The Balaban J connectivity index is 2.07. The van der Waals surface area contributed by atoms with Crippen LogP contribution in [-0.4, -0.2) is 26.0 Å². The zero-order valence-corrected chi connectivity index (χ0v) is 8.73. The first-order valence-corrected chi connectivity index (χ1v) is 4.84. The van der Waals surface area contributed by atoms with E-state index in [1.54, 1.807) is 6.20 Å². The van der Waals surface area contributed by atoms with Crippen LogP contribution in [0.15, 0.2) is 29.5 Å². The van der Waals surface area contributed by atoms with E-state index in [1.807, 2.05) is 0 Å². The van der Waals surface area contributed by atoms with Crippen molar-refractivity contribution in [2.75, 3.05) is 0 Å². The van der Waals surface area contributed by atoms with Gasteiger partial charge in [-0.1, -0.05) is 0 Å². The van der Waals surface area contributed by atoms with Crippen molar-refractivity contribution in [3.05, 3.63) is 46.3 Å². The van der Waals surface area contributed by atoms with Crippen molar-refractivity contribution in [2.24, 2.45) is 0 Å². The number of nitrogens with zero attached hydrogens (tertiary/aromatic N) is 1. The van der Waals surface area contributed by atoms with Crippen molar-refractivity contribution in [2.45, 2.75) is 6.54 Å². The van der Waals surface area contributed by atoms with E-state index in [0.29, 0.717) is 0 Å². The van der Waals surface area contributed by atoms with E-state index in [2.05, 4.69) is 20.3 Å². The lowest BCUT2D eigenvalue weighted by Crippen LogP contribution is -2.24. The van der Waals surface area contributed by atoms with Crippen LogP contribution in [-0.2, 0) is 6.54 Å². The zero-order chi connectivity index (χ0) is 12.3. The first kappa shape index (κ1) is 10.9. The van der Waals surface area contributed by atoms with Gasteiger partial charge in [0.25, 0.3) is 11.5 Å². The van der Waals surface area contributed by atoms with Crippen LogP contribution in [0.3, 0.4) is 0 Å². The van der Waals surface area contributed by atoms with Gasteiger partial charge >= 0.3 is 0 Å². The molecule has 1 amide bonds. The first-order chi connectivity index (χ1) is 8.15. The highest BCUT2D eigenvalue weighted by Crippen LogP contribution is 2.04. The highest BCUT2D eigenvalue weighted by atomic mass is 16.3. The lowest BCUT2D eigenvalue weighted by Gasteiger charge is -2.03. The van der Waals surface area contributed by atoms with E-state index in [4.69, 9.17) is 5.11 Å². The molecule has 0 radical (unpaired) electrons. The minimum atomic E-state index is -0.531. The second-order valence-corrected chi connectivity index (χ2v) is 3.38. The fourth-order valence-corrected chi connectivity index (χ4v) is 1.32. The van der Waals surface area contributed by atoms with Gasteiger partial charge in [0, 0.05) is 18.3 Å². The Labute approximate surface area is 95.5 Å². The summed E-state index contributed by atoms with van der Waals surface area (Å²) in [5.41, 5.74) is 0.315.